The van der Waals surface area contributed by atoms with Crippen molar-refractivity contribution in [1.82, 2.24) is 5.16 Å². The molecule has 1 aromatic carbocycles. The number of carbonyl (C=O) groups is 1. The van der Waals surface area contributed by atoms with Crippen LogP contribution in [0.1, 0.15) is 28.7 Å². The smallest absolute Gasteiger partial charge is 0.261 e. The van der Waals surface area contributed by atoms with E-state index in [-0.39, 0.29) is 10.8 Å². The summed E-state index contributed by atoms with van der Waals surface area (Å²) in [7, 11) is -3.32. The standard InChI is InChI=1S/C14H16N2O4S/c1-4-12-13(9(2)20-16-12)14(17)15-10-6-5-7-11(8-10)21(3,18)19/h5-8H,4H2,1-3H3,(H,15,17). The summed E-state index contributed by atoms with van der Waals surface area (Å²) in [5.41, 5.74) is 1.37. The van der Waals surface area contributed by atoms with Crippen molar-refractivity contribution in [3.63, 3.8) is 0 Å². The number of carbonyl (C=O) groups excluding carboxylic acids is 1. The fourth-order valence-electron chi connectivity index (χ4n) is 1.95. The van der Waals surface area contributed by atoms with Gasteiger partial charge in [0.2, 0.25) is 0 Å². The predicted molar refractivity (Wildman–Crippen MR) is 78.1 cm³/mol. The molecule has 1 heterocycles. The average Bonchev–Trinajstić information content (AvgIpc) is 2.79. The van der Waals surface area contributed by atoms with Gasteiger partial charge >= 0.3 is 0 Å². The number of aromatic nitrogens is 1. The van der Waals surface area contributed by atoms with E-state index in [0.717, 1.165) is 6.26 Å². The highest BCUT2D eigenvalue weighted by Crippen LogP contribution is 2.19. The summed E-state index contributed by atoms with van der Waals surface area (Å²) < 4.78 is 28.0. The number of hydrogen-bond acceptors (Lipinski definition) is 5. The lowest BCUT2D eigenvalue weighted by atomic mass is 10.1. The fourth-order valence-corrected chi connectivity index (χ4v) is 2.62. The summed E-state index contributed by atoms with van der Waals surface area (Å²) in [6.45, 7) is 3.53. The maximum Gasteiger partial charge on any atom is 0.261 e. The number of benzene rings is 1. The Labute approximate surface area is 123 Å². The third kappa shape index (κ3) is 3.30. The average molecular weight is 308 g/mol. The van der Waals surface area contributed by atoms with E-state index < -0.39 is 9.84 Å². The maximum atomic E-state index is 12.3. The molecule has 21 heavy (non-hydrogen) atoms. The van der Waals surface area contributed by atoms with Crippen LogP contribution < -0.4 is 5.32 Å². The second-order valence-electron chi connectivity index (χ2n) is 4.67. The van der Waals surface area contributed by atoms with E-state index in [1.807, 2.05) is 6.92 Å². The van der Waals surface area contributed by atoms with E-state index in [0.29, 0.717) is 29.1 Å². The summed E-state index contributed by atoms with van der Waals surface area (Å²) in [4.78, 5) is 12.4. The third-order valence-electron chi connectivity index (χ3n) is 3.02. The van der Waals surface area contributed by atoms with Gasteiger partial charge in [-0.05, 0) is 31.5 Å². The van der Waals surface area contributed by atoms with Crippen molar-refractivity contribution in [2.75, 3.05) is 11.6 Å². The number of anilines is 1. The zero-order chi connectivity index (χ0) is 15.6. The summed E-state index contributed by atoms with van der Waals surface area (Å²) in [5, 5.41) is 6.49. The van der Waals surface area contributed by atoms with Gasteiger partial charge in [0, 0.05) is 11.9 Å². The molecule has 1 N–H and O–H groups in total. The highest BCUT2D eigenvalue weighted by Gasteiger charge is 2.19. The Bertz CT molecular complexity index is 778. The molecule has 0 spiro atoms. The number of hydrogen-bond donors (Lipinski definition) is 1. The number of sulfone groups is 1. The Morgan fingerprint density at radius 3 is 2.71 bits per heavy atom. The van der Waals surface area contributed by atoms with Crippen LogP contribution in [0.15, 0.2) is 33.7 Å². The molecule has 6 nitrogen and oxygen atoms in total. The molecule has 0 saturated carbocycles. The van der Waals surface area contributed by atoms with Gasteiger partial charge in [-0.15, -0.1) is 0 Å². The highest BCUT2D eigenvalue weighted by atomic mass is 32.2. The number of aryl methyl sites for hydroxylation is 2. The molecule has 2 aromatic rings. The normalized spacial score (nSPS) is 11.4. The molecule has 7 heteroatoms. The minimum absolute atomic E-state index is 0.151. The van der Waals surface area contributed by atoms with Crippen LogP contribution in [-0.2, 0) is 16.3 Å². The minimum atomic E-state index is -3.32. The van der Waals surface area contributed by atoms with Gasteiger partial charge in [-0.3, -0.25) is 4.79 Å². The van der Waals surface area contributed by atoms with Gasteiger partial charge in [0.25, 0.3) is 5.91 Å². The molecule has 0 radical (unpaired) electrons. The van der Waals surface area contributed by atoms with Gasteiger partial charge in [0.15, 0.2) is 9.84 Å². The first-order valence-electron chi connectivity index (χ1n) is 6.39. The summed E-state index contributed by atoms with van der Waals surface area (Å²) in [5.74, 6) is 0.0693. The molecule has 0 fully saturated rings. The minimum Gasteiger partial charge on any atom is -0.361 e. The zero-order valence-corrected chi connectivity index (χ0v) is 12.8. The number of amides is 1. The predicted octanol–water partition coefficient (Wildman–Crippen LogP) is 2.20. The van der Waals surface area contributed by atoms with Crippen molar-refractivity contribution in [3.05, 3.63) is 41.3 Å². The first-order chi connectivity index (χ1) is 9.82. The largest absolute Gasteiger partial charge is 0.361 e. The van der Waals surface area contributed by atoms with E-state index in [2.05, 4.69) is 10.5 Å². The molecule has 0 aliphatic rings. The summed E-state index contributed by atoms with van der Waals surface area (Å²) in [6, 6.07) is 6.10. The Kier molecular flexibility index (Phi) is 4.13. The van der Waals surface area contributed by atoms with Gasteiger partial charge in [-0.25, -0.2) is 8.42 Å². The van der Waals surface area contributed by atoms with E-state index >= 15 is 0 Å². The van der Waals surface area contributed by atoms with Gasteiger partial charge in [-0.2, -0.15) is 0 Å². The van der Waals surface area contributed by atoms with Crippen LogP contribution in [0.3, 0.4) is 0 Å². The summed E-state index contributed by atoms with van der Waals surface area (Å²) >= 11 is 0. The molecular weight excluding hydrogens is 292 g/mol. The maximum absolute atomic E-state index is 12.3. The Morgan fingerprint density at radius 1 is 1.38 bits per heavy atom. The molecule has 0 atom stereocenters. The van der Waals surface area contributed by atoms with Crippen molar-refractivity contribution in [2.24, 2.45) is 0 Å². The molecular formula is C14H16N2O4S. The monoisotopic (exact) mass is 308 g/mol. The van der Waals surface area contributed by atoms with Crippen LogP contribution in [0.25, 0.3) is 0 Å². The Balaban J connectivity index is 2.30. The van der Waals surface area contributed by atoms with Crippen LogP contribution in [0.5, 0.6) is 0 Å². The highest BCUT2D eigenvalue weighted by molar-refractivity contribution is 7.90. The quantitative estimate of drug-likeness (QED) is 0.935. The van der Waals surface area contributed by atoms with Gasteiger partial charge in [0.1, 0.15) is 11.3 Å². The number of nitrogens with one attached hydrogen (secondary N) is 1. The van der Waals surface area contributed by atoms with Crippen LogP contribution >= 0.6 is 0 Å². The summed E-state index contributed by atoms with van der Waals surface area (Å²) in [6.07, 6.45) is 1.69. The molecule has 1 amide bonds. The lowest BCUT2D eigenvalue weighted by molar-refractivity contribution is 0.102. The first-order valence-corrected chi connectivity index (χ1v) is 8.28. The van der Waals surface area contributed by atoms with E-state index in [9.17, 15) is 13.2 Å². The van der Waals surface area contributed by atoms with E-state index in [1.165, 1.54) is 12.1 Å². The first kappa shape index (κ1) is 15.2. The van der Waals surface area contributed by atoms with Crippen LogP contribution in [0.4, 0.5) is 5.69 Å². The lowest BCUT2D eigenvalue weighted by Crippen LogP contribution is -2.14. The second kappa shape index (κ2) is 5.69. The fraction of sp³-hybridized carbons (Fsp3) is 0.286. The molecule has 0 aliphatic carbocycles. The van der Waals surface area contributed by atoms with Gasteiger partial charge in [0.05, 0.1) is 10.6 Å². The molecule has 1 aromatic heterocycles. The Hall–Kier alpha value is -2.15. The van der Waals surface area contributed by atoms with Crippen molar-refractivity contribution in [3.8, 4) is 0 Å². The third-order valence-corrected chi connectivity index (χ3v) is 4.13. The van der Waals surface area contributed by atoms with Crippen molar-refractivity contribution in [2.45, 2.75) is 25.2 Å². The van der Waals surface area contributed by atoms with Crippen LogP contribution in [-0.4, -0.2) is 25.7 Å². The van der Waals surface area contributed by atoms with Crippen LogP contribution in [0.2, 0.25) is 0 Å². The SMILES string of the molecule is CCc1noc(C)c1C(=O)Nc1cccc(S(C)(=O)=O)c1. The van der Waals surface area contributed by atoms with E-state index in [1.54, 1.807) is 19.1 Å². The lowest BCUT2D eigenvalue weighted by Gasteiger charge is -2.06. The number of nitrogens with zero attached hydrogens (tertiary/aromatic N) is 1. The van der Waals surface area contributed by atoms with Gasteiger partial charge in [-0.1, -0.05) is 18.1 Å². The van der Waals surface area contributed by atoms with Crippen LogP contribution in [0, 0.1) is 6.92 Å². The Morgan fingerprint density at radius 2 is 2.10 bits per heavy atom. The van der Waals surface area contributed by atoms with Crippen molar-refractivity contribution >= 4 is 21.4 Å². The molecule has 112 valence electrons. The topological polar surface area (TPSA) is 89.3 Å². The molecule has 0 bridgehead atoms. The molecule has 0 aliphatic heterocycles. The van der Waals surface area contributed by atoms with Gasteiger partial charge < -0.3 is 9.84 Å². The molecule has 0 saturated heterocycles. The van der Waals surface area contributed by atoms with E-state index in [4.69, 9.17) is 4.52 Å². The van der Waals surface area contributed by atoms with Crippen molar-refractivity contribution < 1.29 is 17.7 Å². The molecule has 0 unspecified atom stereocenters. The number of rotatable bonds is 4. The zero-order valence-electron chi connectivity index (χ0n) is 12.0. The second-order valence-corrected chi connectivity index (χ2v) is 6.68. The van der Waals surface area contributed by atoms with Crippen molar-refractivity contribution in [1.29, 1.82) is 0 Å². The molecule has 2 rings (SSSR count).